The van der Waals surface area contributed by atoms with E-state index in [-0.39, 0.29) is 4.88 Å². The lowest BCUT2D eigenvalue weighted by molar-refractivity contribution is 0.367. The first kappa shape index (κ1) is 14.4. The first-order valence-electron chi connectivity index (χ1n) is 4.86. The average Bonchev–Trinajstić information content (AvgIpc) is 2.80. The molecule has 0 radical (unpaired) electrons. The molecule has 0 saturated carbocycles. The van der Waals surface area contributed by atoms with E-state index < -0.39 is 40.7 Å². The summed E-state index contributed by atoms with van der Waals surface area (Å²) in [4.78, 5) is 0.267. The van der Waals surface area contributed by atoms with Crippen LogP contribution in [0.1, 0.15) is 16.5 Å². The van der Waals surface area contributed by atoms with E-state index in [0.717, 1.165) is 11.3 Å². The van der Waals surface area contributed by atoms with E-state index >= 15 is 0 Å². The maximum absolute atomic E-state index is 13.6. The second-order valence-corrected chi connectivity index (χ2v) is 5.40. The van der Waals surface area contributed by atoms with Gasteiger partial charge in [0.2, 0.25) is 5.82 Å². The van der Waals surface area contributed by atoms with Crippen LogP contribution in [0.15, 0.2) is 15.9 Å². The number of rotatable bonds is 2. The molecule has 0 spiro atoms. The largest absolute Gasteiger partial charge is 0.319 e. The molecule has 0 bridgehead atoms. The average molecular weight is 358 g/mol. The molecular formula is C11H5BrF5NS. The van der Waals surface area contributed by atoms with Gasteiger partial charge in [-0.1, -0.05) is 0 Å². The fraction of sp³-hybridized carbons (Fsp3) is 0.0909. The molecule has 1 aromatic heterocycles. The van der Waals surface area contributed by atoms with Gasteiger partial charge in [0.1, 0.15) is 0 Å². The Bertz CT molecular complexity index is 613. The summed E-state index contributed by atoms with van der Waals surface area (Å²) in [7, 11) is 0. The molecule has 0 aliphatic rings. The summed E-state index contributed by atoms with van der Waals surface area (Å²) >= 11 is 4.13. The predicted molar refractivity (Wildman–Crippen MR) is 64.3 cm³/mol. The third-order valence-corrected chi connectivity index (χ3v) is 4.44. The molecular weight excluding hydrogens is 353 g/mol. The Labute approximate surface area is 117 Å². The van der Waals surface area contributed by atoms with Gasteiger partial charge < -0.3 is 5.73 Å². The van der Waals surface area contributed by atoms with Gasteiger partial charge in [0.25, 0.3) is 0 Å². The maximum atomic E-state index is 13.6. The number of halogens is 6. The van der Waals surface area contributed by atoms with Gasteiger partial charge in [-0.15, -0.1) is 11.3 Å². The minimum atomic E-state index is -2.20. The predicted octanol–water partition coefficient (Wildman–Crippen LogP) is 4.25. The van der Waals surface area contributed by atoms with Crippen LogP contribution < -0.4 is 5.73 Å². The molecule has 8 heteroatoms. The molecule has 102 valence electrons. The van der Waals surface area contributed by atoms with Crippen molar-refractivity contribution in [3.63, 3.8) is 0 Å². The molecule has 1 aromatic carbocycles. The molecule has 2 N–H and O–H groups in total. The smallest absolute Gasteiger partial charge is 0.200 e. The summed E-state index contributed by atoms with van der Waals surface area (Å²) in [6.45, 7) is 0. The molecule has 0 amide bonds. The van der Waals surface area contributed by atoms with Gasteiger partial charge in [-0.05, 0) is 27.4 Å². The number of hydrogen-bond donors (Lipinski definition) is 1. The number of hydrogen-bond acceptors (Lipinski definition) is 2. The normalized spacial score (nSPS) is 12.8. The molecule has 1 unspecified atom stereocenters. The van der Waals surface area contributed by atoms with Gasteiger partial charge in [-0.25, -0.2) is 22.0 Å². The van der Waals surface area contributed by atoms with Crippen molar-refractivity contribution in [2.75, 3.05) is 0 Å². The van der Waals surface area contributed by atoms with E-state index in [4.69, 9.17) is 5.73 Å². The first-order valence-corrected chi connectivity index (χ1v) is 6.53. The van der Waals surface area contributed by atoms with Crippen molar-refractivity contribution in [3.05, 3.63) is 55.4 Å². The molecule has 1 heterocycles. The van der Waals surface area contributed by atoms with Crippen molar-refractivity contribution in [1.29, 1.82) is 0 Å². The highest BCUT2D eigenvalue weighted by Gasteiger charge is 2.30. The second kappa shape index (κ2) is 5.18. The third kappa shape index (κ3) is 2.28. The Kier molecular flexibility index (Phi) is 3.93. The standard InChI is InChI=1S/C11H5BrF5NS/c12-3-1-2-19-11(3)10(18)4-5(13)7(15)9(17)8(16)6(4)14/h1-2,10H,18H2. The summed E-state index contributed by atoms with van der Waals surface area (Å²) in [5.41, 5.74) is 4.55. The van der Waals surface area contributed by atoms with E-state index in [1.165, 1.54) is 0 Å². The lowest BCUT2D eigenvalue weighted by Gasteiger charge is -2.14. The SMILES string of the molecule is NC(c1sccc1Br)c1c(F)c(F)c(F)c(F)c1F. The molecule has 0 fully saturated rings. The van der Waals surface area contributed by atoms with Gasteiger partial charge in [-0.3, -0.25) is 0 Å². The Morgan fingerprint density at radius 2 is 1.42 bits per heavy atom. The molecule has 1 nitrogen and oxygen atoms in total. The Hall–Kier alpha value is -0.990. The van der Waals surface area contributed by atoms with Crippen LogP contribution in [0.4, 0.5) is 22.0 Å². The summed E-state index contributed by atoms with van der Waals surface area (Å²) in [6.07, 6.45) is 0. The summed E-state index contributed by atoms with van der Waals surface area (Å²) < 4.78 is 66.6. The van der Waals surface area contributed by atoms with E-state index in [1.54, 1.807) is 11.4 Å². The highest BCUT2D eigenvalue weighted by Crippen LogP contribution is 2.35. The Morgan fingerprint density at radius 1 is 0.947 bits per heavy atom. The lowest BCUT2D eigenvalue weighted by atomic mass is 10.0. The van der Waals surface area contributed by atoms with E-state index in [1.807, 2.05) is 0 Å². The molecule has 0 saturated heterocycles. The van der Waals surface area contributed by atoms with E-state index in [9.17, 15) is 22.0 Å². The minimum absolute atomic E-state index is 0.267. The zero-order chi connectivity index (χ0) is 14.3. The van der Waals surface area contributed by atoms with Crippen LogP contribution in [0.2, 0.25) is 0 Å². The van der Waals surface area contributed by atoms with Crippen LogP contribution in [0.25, 0.3) is 0 Å². The summed E-state index contributed by atoms with van der Waals surface area (Å²) in [5, 5.41) is 1.57. The van der Waals surface area contributed by atoms with Crippen molar-refractivity contribution in [2.24, 2.45) is 5.73 Å². The van der Waals surface area contributed by atoms with Crippen LogP contribution in [0, 0.1) is 29.1 Å². The van der Waals surface area contributed by atoms with Crippen LogP contribution in [-0.2, 0) is 0 Å². The van der Waals surface area contributed by atoms with Crippen LogP contribution >= 0.6 is 27.3 Å². The van der Waals surface area contributed by atoms with Gasteiger partial charge in [0, 0.05) is 9.35 Å². The van der Waals surface area contributed by atoms with Gasteiger partial charge in [-0.2, -0.15) is 0 Å². The van der Waals surface area contributed by atoms with Gasteiger partial charge in [0.15, 0.2) is 23.3 Å². The Balaban J connectivity index is 2.67. The quantitative estimate of drug-likeness (QED) is 0.485. The summed E-state index contributed by atoms with van der Waals surface area (Å²) in [5.74, 6) is -10.0. The molecule has 0 aliphatic heterocycles. The van der Waals surface area contributed by atoms with Crippen LogP contribution in [0.5, 0.6) is 0 Å². The highest BCUT2D eigenvalue weighted by atomic mass is 79.9. The van der Waals surface area contributed by atoms with Gasteiger partial charge in [0.05, 0.1) is 11.6 Å². The zero-order valence-electron chi connectivity index (χ0n) is 8.99. The molecule has 2 rings (SSSR count). The fourth-order valence-electron chi connectivity index (χ4n) is 1.55. The van der Waals surface area contributed by atoms with Crippen LogP contribution in [0.3, 0.4) is 0 Å². The minimum Gasteiger partial charge on any atom is -0.319 e. The van der Waals surface area contributed by atoms with E-state index in [2.05, 4.69) is 15.9 Å². The van der Waals surface area contributed by atoms with Crippen molar-refractivity contribution in [1.82, 2.24) is 0 Å². The number of benzene rings is 1. The number of nitrogens with two attached hydrogens (primary N) is 1. The van der Waals surface area contributed by atoms with Crippen molar-refractivity contribution < 1.29 is 22.0 Å². The third-order valence-electron chi connectivity index (χ3n) is 2.48. The molecule has 19 heavy (non-hydrogen) atoms. The van der Waals surface area contributed by atoms with Crippen molar-refractivity contribution >= 4 is 27.3 Å². The van der Waals surface area contributed by atoms with Crippen LogP contribution in [-0.4, -0.2) is 0 Å². The maximum Gasteiger partial charge on any atom is 0.200 e. The van der Waals surface area contributed by atoms with Crippen molar-refractivity contribution in [3.8, 4) is 0 Å². The van der Waals surface area contributed by atoms with E-state index in [0.29, 0.717) is 4.47 Å². The number of thiophene rings is 1. The zero-order valence-corrected chi connectivity index (χ0v) is 11.4. The van der Waals surface area contributed by atoms with Crippen molar-refractivity contribution in [2.45, 2.75) is 6.04 Å². The Morgan fingerprint density at radius 3 is 1.84 bits per heavy atom. The molecule has 2 aromatic rings. The second-order valence-electron chi connectivity index (χ2n) is 3.59. The monoisotopic (exact) mass is 357 g/mol. The highest BCUT2D eigenvalue weighted by molar-refractivity contribution is 9.10. The fourth-order valence-corrected chi connectivity index (χ4v) is 3.18. The lowest BCUT2D eigenvalue weighted by Crippen LogP contribution is -2.18. The molecule has 1 atom stereocenters. The van der Waals surface area contributed by atoms with Gasteiger partial charge >= 0.3 is 0 Å². The summed E-state index contributed by atoms with van der Waals surface area (Å²) in [6, 6.07) is 0.116. The topological polar surface area (TPSA) is 26.0 Å². The first-order chi connectivity index (χ1) is 8.86. The molecule has 0 aliphatic carbocycles.